The first-order valence-electron chi connectivity index (χ1n) is 10.6. The van der Waals surface area contributed by atoms with Crippen LogP contribution in [-0.2, 0) is 4.79 Å². The van der Waals surface area contributed by atoms with Crippen molar-refractivity contribution in [2.24, 2.45) is 11.8 Å². The van der Waals surface area contributed by atoms with Gasteiger partial charge in [-0.1, -0.05) is 13.3 Å². The Balaban J connectivity index is 1.43. The quantitative estimate of drug-likeness (QED) is 0.808. The highest BCUT2D eigenvalue weighted by Gasteiger charge is 2.41. The van der Waals surface area contributed by atoms with Gasteiger partial charge in [0.15, 0.2) is 0 Å². The minimum absolute atomic E-state index is 0.108. The van der Waals surface area contributed by atoms with Crippen molar-refractivity contribution in [1.29, 1.82) is 0 Å². The zero-order valence-corrected chi connectivity index (χ0v) is 16.0. The van der Waals surface area contributed by atoms with Crippen molar-refractivity contribution >= 4 is 11.9 Å². The summed E-state index contributed by atoms with van der Waals surface area (Å²) in [5.41, 5.74) is 0. The lowest BCUT2D eigenvalue weighted by Crippen LogP contribution is -2.50. The molecule has 5 nitrogen and oxygen atoms in total. The fourth-order valence-electron chi connectivity index (χ4n) is 4.87. The molecule has 2 saturated carbocycles. The number of aromatic nitrogens is 2. The van der Waals surface area contributed by atoms with Gasteiger partial charge in [0.25, 0.3) is 0 Å². The van der Waals surface area contributed by atoms with Crippen molar-refractivity contribution in [2.75, 3.05) is 18.0 Å². The standard InChI is InChI=1S/C21H32N4O/c1-2-16-6-8-18(9-7-16)25(19-10-11-19)20(26)17-5-3-14-24(15-17)21-22-12-4-13-23-21/h4,12-13,16-19H,2-3,5-11,14-15H2,1H3. The molecule has 1 amide bonds. The highest BCUT2D eigenvalue weighted by molar-refractivity contribution is 5.80. The lowest BCUT2D eigenvalue weighted by atomic mass is 9.83. The lowest BCUT2D eigenvalue weighted by molar-refractivity contribution is -0.139. The van der Waals surface area contributed by atoms with Crippen LogP contribution in [0.1, 0.15) is 64.7 Å². The Morgan fingerprint density at radius 3 is 2.35 bits per heavy atom. The fourth-order valence-corrected chi connectivity index (χ4v) is 4.87. The predicted octanol–water partition coefficient (Wildman–Crippen LogP) is 3.65. The van der Waals surface area contributed by atoms with Crippen molar-refractivity contribution in [3.63, 3.8) is 0 Å². The summed E-state index contributed by atoms with van der Waals surface area (Å²) in [7, 11) is 0. The first kappa shape index (κ1) is 17.7. The minimum atomic E-state index is 0.108. The summed E-state index contributed by atoms with van der Waals surface area (Å²) >= 11 is 0. The van der Waals surface area contributed by atoms with E-state index in [4.69, 9.17) is 0 Å². The van der Waals surface area contributed by atoms with Crippen LogP contribution in [0.5, 0.6) is 0 Å². The van der Waals surface area contributed by atoms with Gasteiger partial charge in [0, 0.05) is 37.6 Å². The van der Waals surface area contributed by atoms with Crippen molar-refractivity contribution in [1.82, 2.24) is 14.9 Å². The van der Waals surface area contributed by atoms with Crippen LogP contribution in [0, 0.1) is 11.8 Å². The molecule has 26 heavy (non-hydrogen) atoms. The average Bonchev–Trinajstić information content (AvgIpc) is 3.54. The first-order valence-corrected chi connectivity index (χ1v) is 10.6. The number of carbonyl (C=O) groups excluding carboxylic acids is 1. The third-order valence-electron chi connectivity index (χ3n) is 6.59. The van der Waals surface area contributed by atoms with E-state index in [1.807, 2.05) is 6.07 Å². The smallest absolute Gasteiger partial charge is 0.227 e. The molecule has 1 aliphatic heterocycles. The number of nitrogens with zero attached hydrogens (tertiary/aromatic N) is 4. The largest absolute Gasteiger partial charge is 0.340 e. The Kier molecular flexibility index (Phi) is 5.41. The van der Waals surface area contributed by atoms with Gasteiger partial charge in [-0.05, 0) is 63.4 Å². The summed E-state index contributed by atoms with van der Waals surface area (Å²) in [6, 6.07) is 2.85. The monoisotopic (exact) mass is 356 g/mol. The molecule has 1 aromatic rings. The van der Waals surface area contributed by atoms with E-state index in [0.29, 0.717) is 18.0 Å². The zero-order valence-electron chi connectivity index (χ0n) is 16.0. The van der Waals surface area contributed by atoms with Gasteiger partial charge in [-0.3, -0.25) is 4.79 Å². The van der Waals surface area contributed by atoms with Crippen LogP contribution < -0.4 is 4.90 Å². The SMILES string of the molecule is CCC1CCC(N(C(=O)C2CCCN(c3ncccn3)C2)C2CC2)CC1. The van der Waals surface area contributed by atoms with E-state index in [2.05, 4.69) is 26.7 Å². The third kappa shape index (κ3) is 3.86. The van der Waals surface area contributed by atoms with Crippen LogP contribution in [0.15, 0.2) is 18.5 Å². The summed E-state index contributed by atoms with van der Waals surface area (Å²) in [5, 5.41) is 0. The van der Waals surface area contributed by atoms with E-state index >= 15 is 0 Å². The Bertz CT molecular complexity index is 595. The molecule has 1 aromatic heterocycles. The molecule has 142 valence electrons. The van der Waals surface area contributed by atoms with E-state index in [0.717, 1.165) is 37.8 Å². The topological polar surface area (TPSA) is 49.3 Å². The summed E-state index contributed by atoms with van der Waals surface area (Å²) in [6.45, 7) is 4.03. The molecule has 0 radical (unpaired) electrons. The molecule has 1 saturated heterocycles. The molecule has 5 heteroatoms. The molecule has 2 heterocycles. The molecular weight excluding hydrogens is 324 g/mol. The zero-order chi connectivity index (χ0) is 17.9. The molecule has 3 fully saturated rings. The Morgan fingerprint density at radius 2 is 1.73 bits per heavy atom. The van der Waals surface area contributed by atoms with Gasteiger partial charge in [-0.15, -0.1) is 0 Å². The number of amides is 1. The lowest BCUT2D eigenvalue weighted by Gasteiger charge is -2.41. The molecule has 0 bridgehead atoms. The number of hydrogen-bond acceptors (Lipinski definition) is 4. The van der Waals surface area contributed by atoms with Crippen LogP contribution in [0.3, 0.4) is 0 Å². The van der Waals surface area contributed by atoms with Crippen molar-refractivity contribution in [3.05, 3.63) is 18.5 Å². The summed E-state index contributed by atoms with van der Waals surface area (Å²) < 4.78 is 0. The van der Waals surface area contributed by atoms with Gasteiger partial charge in [0.05, 0.1) is 5.92 Å². The Hall–Kier alpha value is -1.65. The number of anilines is 1. The molecule has 0 N–H and O–H groups in total. The maximum Gasteiger partial charge on any atom is 0.227 e. The highest BCUT2D eigenvalue weighted by atomic mass is 16.2. The van der Waals surface area contributed by atoms with E-state index in [-0.39, 0.29) is 5.92 Å². The molecule has 3 aliphatic rings. The van der Waals surface area contributed by atoms with Crippen LogP contribution in [-0.4, -0.2) is 45.9 Å². The van der Waals surface area contributed by atoms with Crippen LogP contribution in [0.2, 0.25) is 0 Å². The van der Waals surface area contributed by atoms with E-state index < -0.39 is 0 Å². The molecule has 4 rings (SSSR count). The first-order chi connectivity index (χ1) is 12.8. The molecule has 1 atom stereocenters. The van der Waals surface area contributed by atoms with E-state index in [9.17, 15) is 4.79 Å². The number of rotatable bonds is 5. The number of piperidine rings is 1. The van der Waals surface area contributed by atoms with Crippen molar-refractivity contribution < 1.29 is 4.79 Å². The average molecular weight is 357 g/mol. The second-order valence-electron chi connectivity index (χ2n) is 8.39. The van der Waals surface area contributed by atoms with Gasteiger partial charge < -0.3 is 9.80 Å². The molecular formula is C21H32N4O. The minimum Gasteiger partial charge on any atom is -0.340 e. The Morgan fingerprint density at radius 1 is 1.08 bits per heavy atom. The van der Waals surface area contributed by atoms with Gasteiger partial charge in [-0.25, -0.2) is 9.97 Å². The Labute approximate surface area is 157 Å². The van der Waals surface area contributed by atoms with Gasteiger partial charge in [-0.2, -0.15) is 0 Å². The van der Waals surface area contributed by atoms with E-state index in [1.54, 1.807) is 12.4 Å². The maximum absolute atomic E-state index is 13.5. The van der Waals surface area contributed by atoms with Crippen LogP contribution in [0.4, 0.5) is 5.95 Å². The number of carbonyl (C=O) groups is 1. The summed E-state index contributed by atoms with van der Waals surface area (Å²) in [5.74, 6) is 2.17. The molecule has 0 aromatic carbocycles. The third-order valence-corrected chi connectivity index (χ3v) is 6.59. The second-order valence-corrected chi connectivity index (χ2v) is 8.39. The summed E-state index contributed by atoms with van der Waals surface area (Å²) in [4.78, 5) is 26.8. The molecule has 2 aliphatic carbocycles. The predicted molar refractivity (Wildman–Crippen MR) is 103 cm³/mol. The van der Waals surface area contributed by atoms with Crippen molar-refractivity contribution in [2.45, 2.75) is 76.8 Å². The van der Waals surface area contributed by atoms with Gasteiger partial charge >= 0.3 is 0 Å². The van der Waals surface area contributed by atoms with Crippen molar-refractivity contribution in [3.8, 4) is 0 Å². The number of hydrogen-bond donors (Lipinski definition) is 0. The molecule has 1 unspecified atom stereocenters. The van der Waals surface area contributed by atoms with Crippen LogP contribution >= 0.6 is 0 Å². The van der Waals surface area contributed by atoms with Crippen LogP contribution in [0.25, 0.3) is 0 Å². The summed E-state index contributed by atoms with van der Waals surface area (Å²) in [6.07, 6.45) is 14.4. The second kappa shape index (κ2) is 7.93. The molecule has 0 spiro atoms. The maximum atomic E-state index is 13.5. The highest BCUT2D eigenvalue weighted by Crippen LogP contribution is 2.38. The fraction of sp³-hybridized carbons (Fsp3) is 0.762. The van der Waals surface area contributed by atoms with E-state index in [1.165, 1.54) is 44.9 Å². The van der Waals surface area contributed by atoms with Gasteiger partial charge in [0.2, 0.25) is 11.9 Å². The normalized spacial score (nSPS) is 29.4. The van der Waals surface area contributed by atoms with Gasteiger partial charge in [0.1, 0.15) is 0 Å².